The van der Waals surface area contributed by atoms with Crippen LogP contribution < -0.4 is 4.90 Å². The molecule has 1 aromatic heterocycles. The van der Waals surface area contributed by atoms with Gasteiger partial charge in [0.2, 0.25) is 0 Å². The van der Waals surface area contributed by atoms with E-state index >= 15 is 0 Å². The Kier molecular flexibility index (Phi) is 3.42. The fraction of sp³-hybridized carbons (Fsp3) is 0.235. The first-order valence-electron chi connectivity index (χ1n) is 6.87. The highest BCUT2D eigenvalue weighted by Gasteiger charge is 2.20. The normalized spacial score (nSPS) is 14.6. The minimum absolute atomic E-state index is 0.00574. The lowest BCUT2D eigenvalue weighted by Gasteiger charge is -2.28. The SMILES string of the molecule is Cc1ccc2c(c1)CCCN2C(=O)C=Cc1ccco1. The van der Waals surface area contributed by atoms with E-state index in [2.05, 4.69) is 19.1 Å². The van der Waals surface area contributed by atoms with Crippen LogP contribution >= 0.6 is 0 Å². The zero-order chi connectivity index (χ0) is 13.9. The Morgan fingerprint density at radius 3 is 3.05 bits per heavy atom. The molecule has 20 heavy (non-hydrogen) atoms. The van der Waals surface area contributed by atoms with Crippen molar-refractivity contribution in [3.8, 4) is 0 Å². The molecule has 2 aromatic rings. The van der Waals surface area contributed by atoms with E-state index in [1.54, 1.807) is 18.4 Å². The molecule has 0 saturated heterocycles. The number of hydrogen-bond donors (Lipinski definition) is 0. The molecule has 3 heteroatoms. The maximum absolute atomic E-state index is 12.3. The van der Waals surface area contributed by atoms with E-state index in [-0.39, 0.29) is 5.91 Å². The Bertz CT molecular complexity index is 641. The van der Waals surface area contributed by atoms with Crippen molar-refractivity contribution in [2.24, 2.45) is 0 Å². The van der Waals surface area contributed by atoms with Crippen LogP contribution in [-0.4, -0.2) is 12.5 Å². The number of furan rings is 1. The van der Waals surface area contributed by atoms with E-state index in [1.807, 2.05) is 23.1 Å². The van der Waals surface area contributed by atoms with Gasteiger partial charge in [-0.25, -0.2) is 0 Å². The Hall–Kier alpha value is -2.29. The monoisotopic (exact) mass is 267 g/mol. The van der Waals surface area contributed by atoms with Crippen LogP contribution in [-0.2, 0) is 11.2 Å². The Balaban J connectivity index is 1.83. The molecule has 3 nitrogen and oxygen atoms in total. The molecule has 0 aliphatic carbocycles. The van der Waals surface area contributed by atoms with Crippen LogP contribution in [0.2, 0.25) is 0 Å². The second-order valence-corrected chi connectivity index (χ2v) is 5.07. The van der Waals surface area contributed by atoms with E-state index in [1.165, 1.54) is 11.1 Å². The molecular weight excluding hydrogens is 250 g/mol. The second kappa shape index (κ2) is 5.37. The van der Waals surface area contributed by atoms with E-state index < -0.39 is 0 Å². The molecule has 1 aliphatic heterocycles. The molecule has 102 valence electrons. The number of fused-ring (bicyclic) bond motifs is 1. The summed E-state index contributed by atoms with van der Waals surface area (Å²) in [6.07, 6.45) is 6.95. The van der Waals surface area contributed by atoms with Gasteiger partial charge in [-0.2, -0.15) is 0 Å². The zero-order valence-corrected chi connectivity index (χ0v) is 11.5. The smallest absolute Gasteiger partial charge is 0.251 e. The molecule has 0 spiro atoms. The maximum Gasteiger partial charge on any atom is 0.251 e. The summed E-state index contributed by atoms with van der Waals surface area (Å²) in [7, 11) is 0. The first kappa shape index (κ1) is 12.7. The zero-order valence-electron chi connectivity index (χ0n) is 11.5. The fourth-order valence-corrected chi connectivity index (χ4v) is 2.58. The average molecular weight is 267 g/mol. The summed E-state index contributed by atoms with van der Waals surface area (Å²) in [6.45, 7) is 2.86. The van der Waals surface area contributed by atoms with Gasteiger partial charge in [-0.05, 0) is 49.6 Å². The highest BCUT2D eigenvalue weighted by Crippen LogP contribution is 2.28. The summed E-state index contributed by atoms with van der Waals surface area (Å²) in [5.41, 5.74) is 3.54. The molecule has 1 aromatic carbocycles. The number of rotatable bonds is 2. The number of carbonyl (C=O) groups is 1. The first-order chi connectivity index (χ1) is 9.74. The van der Waals surface area contributed by atoms with Crippen molar-refractivity contribution in [1.82, 2.24) is 0 Å². The predicted molar refractivity (Wildman–Crippen MR) is 79.6 cm³/mol. The molecule has 0 atom stereocenters. The number of amides is 1. The standard InChI is InChI=1S/C17H17NO2/c1-13-6-8-16-14(12-13)4-2-10-18(16)17(19)9-7-15-5-3-11-20-15/h3,5-9,11-12H,2,4,10H2,1H3. The minimum atomic E-state index is 0.00574. The van der Waals surface area contributed by atoms with Gasteiger partial charge in [-0.3, -0.25) is 4.79 Å². The van der Waals surface area contributed by atoms with Crippen LogP contribution in [0.3, 0.4) is 0 Å². The van der Waals surface area contributed by atoms with Crippen LogP contribution in [0.1, 0.15) is 23.3 Å². The Labute approximate surface area is 118 Å². The van der Waals surface area contributed by atoms with Crippen LogP contribution in [0.15, 0.2) is 47.1 Å². The molecule has 0 unspecified atom stereocenters. The van der Waals surface area contributed by atoms with Gasteiger partial charge in [-0.15, -0.1) is 0 Å². The van der Waals surface area contributed by atoms with Gasteiger partial charge in [0.15, 0.2) is 0 Å². The summed E-state index contributed by atoms with van der Waals surface area (Å²) in [4.78, 5) is 14.2. The molecule has 1 amide bonds. The maximum atomic E-state index is 12.3. The molecule has 2 heterocycles. The van der Waals surface area contributed by atoms with Crippen molar-refractivity contribution in [3.05, 3.63) is 59.6 Å². The number of benzene rings is 1. The Morgan fingerprint density at radius 2 is 2.25 bits per heavy atom. The average Bonchev–Trinajstić information content (AvgIpc) is 2.97. The lowest BCUT2D eigenvalue weighted by molar-refractivity contribution is -0.114. The summed E-state index contributed by atoms with van der Waals surface area (Å²) in [5.74, 6) is 0.700. The minimum Gasteiger partial charge on any atom is -0.465 e. The third kappa shape index (κ3) is 2.52. The van der Waals surface area contributed by atoms with E-state index in [4.69, 9.17) is 4.42 Å². The third-order valence-corrected chi connectivity index (χ3v) is 3.55. The lowest BCUT2D eigenvalue weighted by Crippen LogP contribution is -2.34. The van der Waals surface area contributed by atoms with Gasteiger partial charge in [0.1, 0.15) is 5.76 Å². The van der Waals surface area contributed by atoms with E-state index in [0.29, 0.717) is 5.76 Å². The molecule has 0 bridgehead atoms. The van der Waals surface area contributed by atoms with Crippen molar-refractivity contribution in [2.75, 3.05) is 11.4 Å². The van der Waals surface area contributed by atoms with Gasteiger partial charge >= 0.3 is 0 Å². The number of anilines is 1. The lowest BCUT2D eigenvalue weighted by atomic mass is 9.99. The Morgan fingerprint density at radius 1 is 1.35 bits per heavy atom. The summed E-state index contributed by atoms with van der Waals surface area (Å²) in [6, 6.07) is 9.91. The predicted octanol–water partition coefficient (Wildman–Crippen LogP) is 3.58. The third-order valence-electron chi connectivity index (χ3n) is 3.55. The first-order valence-corrected chi connectivity index (χ1v) is 6.87. The van der Waals surface area contributed by atoms with Crippen molar-refractivity contribution < 1.29 is 9.21 Å². The van der Waals surface area contributed by atoms with Crippen molar-refractivity contribution in [2.45, 2.75) is 19.8 Å². The highest BCUT2D eigenvalue weighted by molar-refractivity contribution is 6.04. The molecule has 1 aliphatic rings. The van der Waals surface area contributed by atoms with E-state index in [9.17, 15) is 4.79 Å². The van der Waals surface area contributed by atoms with Gasteiger partial charge in [0, 0.05) is 18.3 Å². The molecular formula is C17H17NO2. The number of hydrogen-bond acceptors (Lipinski definition) is 2. The molecule has 0 saturated carbocycles. The summed E-state index contributed by atoms with van der Waals surface area (Å²) < 4.78 is 5.20. The van der Waals surface area contributed by atoms with Crippen LogP contribution in [0.5, 0.6) is 0 Å². The number of aryl methyl sites for hydroxylation is 2. The topological polar surface area (TPSA) is 33.5 Å². The van der Waals surface area contributed by atoms with Gasteiger partial charge in [0.05, 0.1) is 6.26 Å². The van der Waals surface area contributed by atoms with E-state index in [0.717, 1.165) is 25.1 Å². The number of carbonyl (C=O) groups excluding carboxylic acids is 1. The van der Waals surface area contributed by atoms with Crippen LogP contribution in [0, 0.1) is 6.92 Å². The van der Waals surface area contributed by atoms with Crippen molar-refractivity contribution >= 4 is 17.7 Å². The molecule has 0 radical (unpaired) electrons. The van der Waals surface area contributed by atoms with Crippen LogP contribution in [0.25, 0.3) is 6.08 Å². The van der Waals surface area contributed by atoms with Gasteiger partial charge in [-0.1, -0.05) is 17.7 Å². The van der Waals surface area contributed by atoms with Crippen molar-refractivity contribution in [3.63, 3.8) is 0 Å². The second-order valence-electron chi connectivity index (χ2n) is 5.07. The largest absolute Gasteiger partial charge is 0.465 e. The molecule has 0 fully saturated rings. The van der Waals surface area contributed by atoms with Crippen molar-refractivity contribution in [1.29, 1.82) is 0 Å². The van der Waals surface area contributed by atoms with Gasteiger partial charge < -0.3 is 9.32 Å². The van der Waals surface area contributed by atoms with Crippen LogP contribution in [0.4, 0.5) is 5.69 Å². The highest BCUT2D eigenvalue weighted by atomic mass is 16.3. The summed E-state index contributed by atoms with van der Waals surface area (Å²) >= 11 is 0. The quantitative estimate of drug-likeness (QED) is 0.779. The summed E-state index contributed by atoms with van der Waals surface area (Å²) in [5, 5.41) is 0. The van der Waals surface area contributed by atoms with Gasteiger partial charge in [0.25, 0.3) is 5.91 Å². The number of nitrogens with zero attached hydrogens (tertiary/aromatic N) is 1. The molecule has 0 N–H and O–H groups in total. The molecule has 3 rings (SSSR count). The fourth-order valence-electron chi connectivity index (χ4n) is 2.58.